The van der Waals surface area contributed by atoms with E-state index in [1.807, 2.05) is 12.1 Å². The van der Waals surface area contributed by atoms with Crippen LogP contribution >= 0.6 is 11.6 Å². The van der Waals surface area contributed by atoms with E-state index in [0.29, 0.717) is 16.6 Å². The van der Waals surface area contributed by atoms with Crippen LogP contribution in [0.1, 0.15) is 11.4 Å². The fourth-order valence-electron chi connectivity index (χ4n) is 1.25. The van der Waals surface area contributed by atoms with Gasteiger partial charge in [-0.2, -0.15) is 4.98 Å². The average Bonchev–Trinajstić information content (AvgIpc) is 2.73. The van der Waals surface area contributed by atoms with Crippen molar-refractivity contribution in [3.05, 3.63) is 34.6 Å². The zero-order valence-corrected chi connectivity index (χ0v) is 10.2. The van der Waals surface area contributed by atoms with Crippen molar-refractivity contribution in [2.45, 2.75) is 13.5 Å². The second-order valence-corrected chi connectivity index (χ2v) is 3.76. The van der Waals surface area contributed by atoms with Crippen molar-refractivity contribution < 1.29 is 14.0 Å². The molecule has 1 heterocycles. The minimum absolute atomic E-state index is 0.134. The van der Waals surface area contributed by atoms with Gasteiger partial charge in [-0.05, 0) is 19.1 Å². The zero-order chi connectivity index (χ0) is 12.3. The summed E-state index contributed by atoms with van der Waals surface area (Å²) in [5, 5.41) is 4.18. The molecule has 0 saturated carbocycles. The van der Waals surface area contributed by atoms with Crippen LogP contribution in [0.2, 0.25) is 5.02 Å². The van der Waals surface area contributed by atoms with E-state index < -0.39 is 0 Å². The first-order chi connectivity index (χ1) is 8.19. The molecule has 2 rings (SSSR count). The standard InChI is InChI=1S/C11H11ClN2O3/c1-7-13-11(17-14-7)16-6-8-3-4-9(15-2)5-10(8)12/h3-5H,6H2,1-2H3. The number of ether oxygens (including phenoxy) is 2. The maximum absolute atomic E-state index is 6.05. The van der Waals surface area contributed by atoms with E-state index in [2.05, 4.69) is 10.1 Å². The maximum Gasteiger partial charge on any atom is 0.417 e. The van der Waals surface area contributed by atoms with Crippen LogP contribution in [0.15, 0.2) is 22.7 Å². The van der Waals surface area contributed by atoms with E-state index in [9.17, 15) is 0 Å². The van der Waals surface area contributed by atoms with Crippen LogP contribution in [0.25, 0.3) is 0 Å². The molecule has 0 bridgehead atoms. The summed E-state index contributed by atoms with van der Waals surface area (Å²) < 4.78 is 15.2. The summed E-state index contributed by atoms with van der Waals surface area (Å²) in [5.74, 6) is 1.23. The third kappa shape index (κ3) is 2.88. The quantitative estimate of drug-likeness (QED) is 0.839. The first kappa shape index (κ1) is 11.7. The zero-order valence-electron chi connectivity index (χ0n) is 9.44. The highest BCUT2D eigenvalue weighted by Crippen LogP contribution is 2.23. The van der Waals surface area contributed by atoms with Crippen LogP contribution in [0.4, 0.5) is 0 Å². The number of aryl methyl sites for hydroxylation is 1. The lowest BCUT2D eigenvalue weighted by atomic mass is 10.2. The second-order valence-electron chi connectivity index (χ2n) is 3.35. The predicted octanol–water partition coefficient (Wildman–Crippen LogP) is 2.62. The van der Waals surface area contributed by atoms with E-state index in [4.69, 9.17) is 25.6 Å². The van der Waals surface area contributed by atoms with Gasteiger partial charge >= 0.3 is 6.08 Å². The first-order valence-corrected chi connectivity index (χ1v) is 5.32. The van der Waals surface area contributed by atoms with Gasteiger partial charge in [0.05, 0.1) is 12.1 Å². The Balaban J connectivity index is 2.04. The van der Waals surface area contributed by atoms with Crippen molar-refractivity contribution in [1.29, 1.82) is 0 Å². The Labute approximate surface area is 103 Å². The number of aromatic nitrogens is 2. The molecule has 0 aliphatic carbocycles. The average molecular weight is 255 g/mol. The SMILES string of the molecule is COc1ccc(COc2nc(C)no2)c(Cl)c1. The number of methoxy groups -OCH3 is 1. The molecule has 0 unspecified atom stereocenters. The summed E-state index contributed by atoms with van der Waals surface area (Å²) in [6, 6.07) is 5.35. The third-order valence-electron chi connectivity index (χ3n) is 2.12. The molecule has 1 aromatic heterocycles. The lowest BCUT2D eigenvalue weighted by Gasteiger charge is -2.05. The van der Waals surface area contributed by atoms with Crippen molar-refractivity contribution >= 4 is 11.6 Å². The molecule has 17 heavy (non-hydrogen) atoms. The Kier molecular flexibility index (Phi) is 3.49. The van der Waals surface area contributed by atoms with Crippen LogP contribution in [0, 0.1) is 6.92 Å². The Bertz CT molecular complexity index is 513. The van der Waals surface area contributed by atoms with Crippen molar-refractivity contribution in [2.24, 2.45) is 0 Å². The van der Waals surface area contributed by atoms with E-state index in [0.717, 1.165) is 5.56 Å². The number of nitrogens with zero attached hydrogens (tertiary/aromatic N) is 2. The van der Waals surface area contributed by atoms with E-state index in [1.54, 1.807) is 20.1 Å². The molecule has 0 N–H and O–H groups in total. The molecular weight excluding hydrogens is 244 g/mol. The smallest absolute Gasteiger partial charge is 0.417 e. The molecule has 0 fully saturated rings. The third-order valence-corrected chi connectivity index (χ3v) is 2.47. The Morgan fingerprint density at radius 3 is 2.82 bits per heavy atom. The highest BCUT2D eigenvalue weighted by atomic mass is 35.5. The Morgan fingerprint density at radius 1 is 1.41 bits per heavy atom. The topological polar surface area (TPSA) is 57.4 Å². The fourth-order valence-corrected chi connectivity index (χ4v) is 1.47. The number of hydrogen-bond acceptors (Lipinski definition) is 5. The van der Waals surface area contributed by atoms with Gasteiger partial charge in [-0.1, -0.05) is 22.8 Å². The minimum Gasteiger partial charge on any atom is -0.497 e. The van der Waals surface area contributed by atoms with Crippen molar-refractivity contribution in [2.75, 3.05) is 7.11 Å². The summed E-state index contributed by atoms with van der Waals surface area (Å²) in [6.07, 6.45) is 0.134. The normalized spacial score (nSPS) is 10.3. The molecule has 0 spiro atoms. The molecule has 1 aromatic carbocycles. The number of benzene rings is 1. The van der Waals surface area contributed by atoms with E-state index >= 15 is 0 Å². The molecular formula is C11H11ClN2O3. The van der Waals surface area contributed by atoms with Gasteiger partial charge in [-0.3, -0.25) is 4.52 Å². The first-order valence-electron chi connectivity index (χ1n) is 4.94. The maximum atomic E-state index is 6.05. The van der Waals surface area contributed by atoms with E-state index in [-0.39, 0.29) is 12.7 Å². The molecule has 0 atom stereocenters. The minimum atomic E-state index is 0.134. The monoisotopic (exact) mass is 254 g/mol. The molecule has 6 heteroatoms. The van der Waals surface area contributed by atoms with Crippen LogP contribution in [-0.4, -0.2) is 17.3 Å². The molecule has 0 saturated heterocycles. The summed E-state index contributed by atoms with van der Waals surface area (Å²) in [6.45, 7) is 1.99. The summed E-state index contributed by atoms with van der Waals surface area (Å²) in [7, 11) is 1.59. The van der Waals surface area contributed by atoms with Crippen LogP contribution < -0.4 is 9.47 Å². The predicted molar refractivity (Wildman–Crippen MR) is 61.4 cm³/mol. The molecule has 90 valence electrons. The van der Waals surface area contributed by atoms with Gasteiger partial charge < -0.3 is 9.47 Å². The highest BCUT2D eigenvalue weighted by molar-refractivity contribution is 6.31. The fraction of sp³-hybridized carbons (Fsp3) is 0.273. The lowest BCUT2D eigenvalue weighted by molar-refractivity contribution is 0.195. The van der Waals surface area contributed by atoms with Crippen molar-refractivity contribution in [3.63, 3.8) is 0 Å². The van der Waals surface area contributed by atoms with Crippen LogP contribution in [0.5, 0.6) is 11.8 Å². The summed E-state index contributed by atoms with van der Waals surface area (Å²) in [5.41, 5.74) is 0.823. The second kappa shape index (κ2) is 5.05. The van der Waals surface area contributed by atoms with E-state index in [1.165, 1.54) is 0 Å². The molecule has 5 nitrogen and oxygen atoms in total. The summed E-state index contributed by atoms with van der Waals surface area (Å²) >= 11 is 6.05. The Morgan fingerprint density at radius 2 is 2.24 bits per heavy atom. The van der Waals surface area contributed by atoms with Crippen molar-refractivity contribution in [1.82, 2.24) is 10.1 Å². The van der Waals surface area contributed by atoms with Crippen molar-refractivity contribution in [3.8, 4) is 11.8 Å². The van der Waals surface area contributed by atoms with Gasteiger partial charge in [0.15, 0.2) is 5.82 Å². The Hall–Kier alpha value is -1.75. The van der Waals surface area contributed by atoms with Gasteiger partial charge in [0.1, 0.15) is 12.4 Å². The van der Waals surface area contributed by atoms with Gasteiger partial charge in [0.2, 0.25) is 0 Å². The molecule has 0 aliphatic heterocycles. The number of hydrogen-bond donors (Lipinski definition) is 0. The molecule has 0 aliphatic rings. The van der Waals surface area contributed by atoms with Crippen LogP contribution in [-0.2, 0) is 6.61 Å². The van der Waals surface area contributed by atoms with Crippen LogP contribution in [0.3, 0.4) is 0 Å². The summed E-state index contributed by atoms with van der Waals surface area (Å²) in [4.78, 5) is 3.92. The number of halogens is 1. The number of rotatable bonds is 4. The lowest BCUT2D eigenvalue weighted by Crippen LogP contribution is -1.97. The van der Waals surface area contributed by atoms with Gasteiger partial charge in [0, 0.05) is 5.56 Å². The van der Waals surface area contributed by atoms with Gasteiger partial charge in [0.25, 0.3) is 0 Å². The highest BCUT2D eigenvalue weighted by Gasteiger charge is 2.07. The van der Waals surface area contributed by atoms with Gasteiger partial charge in [-0.15, -0.1) is 0 Å². The largest absolute Gasteiger partial charge is 0.497 e. The molecule has 0 amide bonds. The van der Waals surface area contributed by atoms with Gasteiger partial charge in [-0.25, -0.2) is 0 Å². The molecule has 2 aromatic rings. The molecule has 0 radical (unpaired) electrons.